The van der Waals surface area contributed by atoms with Gasteiger partial charge in [0.05, 0.1) is 13.0 Å². The highest BCUT2D eigenvalue weighted by atomic mass is 79.9. The minimum atomic E-state index is -0.352. The molecule has 0 bridgehead atoms. The number of halogens is 1. The second-order valence-corrected chi connectivity index (χ2v) is 4.81. The van der Waals surface area contributed by atoms with E-state index < -0.39 is 0 Å². The van der Waals surface area contributed by atoms with Crippen LogP contribution >= 0.6 is 15.9 Å². The first-order valence-corrected chi connectivity index (χ1v) is 7.18. The maximum absolute atomic E-state index is 12.2. The molecular formula is C13H18BrNO5. The molecule has 1 aromatic rings. The fourth-order valence-electron chi connectivity index (χ4n) is 1.62. The van der Waals surface area contributed by atoms with Crippen molar-refractivity contribution < 1.29 is 23.8 Å². The maximum atomic E-state index is 12.2. The van der Waals surface area contributed by atoms with Gasteiger partial charge in [-0.1, -0.05) is 0 Å². The van der Waals surface area contributed by atoms with Crippen molar-refractivity contribution in [2.75, 3.05) is 26.3 Å². The standard InChI is InChI=1S/C13H18BrNO5/c1-2-19-12(17)6-8-15(7-3-9-16)13(18)10-4-5-11(14)20-10/h4-5,16H,2-3,6-9H2,1H3. The van der Waals surface area contributed by atoms with E-state index in [0.29, 0.717) is 24.2 Å². The minimum Gasteiger partial charge on any atom is -0.466 e. The zero-order valence-corrected chi connectivity index (χ0v) is 12.9. The van der Waals surface area contributed by atoms with Crippen LogP contribution in [0, 0.1) is 0 Å². The lowest BCUT2D eigenvalue weighted by molar-refractivity contribution is -0.143. The second kappa shape index (κ2) is 8.76. The molecule has 0 atom stereocenters. The Hall–Kier alpha value is -1.34. The highest BCUT2D eigenvalue weighted by Gasteiger charge is 2.19. The molecule has 0 aliphatic rings. The number of furan rings is 1. The van der Waals surface area contributed by atoms with E-state index in [4.69, 9.17) is 14.3 Å². The van der Waals surface area contributed by atoms with Gasteiger partial charge >= 0.3 is 5.97 Å². The van der Waals surface area contributed by atoms with E-state index in [0.717, 1.165) is 0 Å². The Kier molecular flexibility index (Phi) is 7.32. The molecule has 0 aromatic carbocycles. The van der Waals surface area contributed by atoms with Crippen molar-refractivity contribution in [3.63, 3.8) is 0 Å². The van der Waals surface area contributed by atoms with Gasteiger partial charge in [0.1, 0.15) is 0 Å². The number of hydrogen-bond donors (Lipinski definition) is 1. The van der Waals surface area contributed by atoms with Gasteiger partial charge in [-0.15, -0.1) is 0 Å². The van der Waals surface area contributed by atoms with Gasteiger partial charge in [-0.3, -0.25) is 9.59 Å². The van der Waals surface area contributed by atoms with Gasteiger partial charge < -0.3 is 19.2 Å². The lowest BCUT2D eigenvalue weighted by Gasteiger charge is -2.20. The van der Waals surface area contributed by atoms with E-state index >= 15 is 0 Å². The molecule has 0 unspecified atom stereocenters. The fraction of sp³-hybridized carbons (Fsp3) is 0.538. The Balaban J connectivity index is 2.63. The van der Waals surface area contributed by atoms with Crippen LogP contribution in [0.5, 0.6) is 0 Å². The summed E-state index contributed by atoms with van der Waals surface area (Å²) in [5.74, 6) is -0.470. The number of carbonyl (C=O) groups excluding carboxylic acids is 2. The van der Waals surface area contributed by atoms with E-state index in [1.165, 1.54) is 4.90 Å². The van der Waals surface area contributed by atoms with Crippen LogP contribution in [-0.4, -0.2) is 48.2 Å². The van der Waals surface area contributed by atoms with Crippen molar-refractivity contribution in [3.8, 4) is 0 Å². The van der Waals surface area contributed by atoms with Gasteiger partial charge in [0.15, 0.2) is 10.4 Å². The van der Waals surface area contributed by atoms with Crippen LogP contribution in [0.4, 0.5) is 0 Å². The zero-order chi connectivity index (χ0) is 15.0. The summed E-state index contributed by atoms with van der Waals surface area (Å²) in [6.07, 6.45) is 0.559. The predicted octanol–water partition coefficient (Wildman–Crippen LogP) is 1.82. The summed E-state index contributed by atoms with van der Waals surface area (Å²) >= 11 is 3.13. The molecule has 0 aliphatic heterocycles. The lowest BCUT2D eigenvalue weighted by Crippen LogP contribution is -2.34. The molecule has 6 nitrogen and oxygen atoms in total. The van der Waals surface area contributed by atoms with E-state index in [-0.39, 0.29) is 37.2 Å². The molecule has 0 spiro atoms. The maximum Gasteiger partial charge on any atom is 0.307 e. The average molecular weight is 348 g/mol. The molecule has 20 heavy (non-hydrogen) atoms. The first-order chi connectivity index (χ1) is 9.58. The van der Waals surface area contributed by atoms with Crippen molar-refractivity contribution in [2.45, 2.75) is 19.8 Å². The quantitative estimate of drug-likeness (QED) is 0.725. The monoisotopic (exact) mass is 347 g/mol. The summed E-state index contributed by atoms with van der Waals surface area (Å²) < 4.78 is 10.5. The number of aliphatic hydroxyl groups is 1. The molecule has 0 saturated carbocycles. The topological polar surface area (TPSA) is 80.0 Å². The summed E-state index contributed by atoms with van der Waals surface area (Å²) in [7, 11) is 0. The highest BCUT2D eigenvalue weighted by Crippen LogP contribution is 2.16. The molecule has 0 fully saturated rings. The van der Waals surface area contributed by atoms with E-state index in [1.807, 2.05) is 0 Å². The summed E-state index contributed by atoms with van der Waals surface area (Å²) in [5.41, 5.74) is 0. The Labute approximate surface area is 125 Å². The van der Waals surface area contributed by atoms with Crippen molar-refractivity contribution in [1.82, 2.24) is 4.90 Å². The fourth-order valence-corrected chi connectivity index (χ4v) is 1.93. The largest absolute Gasteiger partial charge is 0.466 e. The first kappa shape index (κ1) is 16.7. The minimum absolute atomic E-state index is 0.0228. The van der Waals surface area contributed by atoms with Crippen LogP contribution in [0.3, 0.4) is 0 Å². The number of hydrogen-bond acceptors (Lipinski definition) is 5. The van der Waals surface area contributed by atoms with Gasteiger partial charge in [0, 0.05) is 19.7 Å². The van der Waals surface area contributed by atoms with Crippen molar-refractivity contribution >= 4 is 27.8 Å². The number of esters is 1. The Bertz CT molecular complexity index is 446. The number of amides is 1. The van der Waals surface area contributed by atoms with Gasteiger partial charge in [-0.05, 0) is 41.4 Å². The normalized spacial score (nSPS) is 10.3. The highest BCUT2D eigenvalue weighted by molar-refractivity contribution is 9.10. The molecule has 1 amide bonds. The summed E-state index contributed by atoms with van der Waals surface area (Å²) in [6, 6.07) is 3.19. The van der Waals surface area contributed by atoms with E-state index in [2.05, 4.69) is 15.9 Å². The van der Waals surface area contributed by atoms with Gasteiger partial charge in [0.25, 0.3) is 5.91 Å². The van der Waals surface area contributed by atoms with Gasteiger partial charge in [0.2, 0.25) is 0 Å². The van der Waals surface area contributed by atoms with Crippen LogP contribution < -0.4 is 0 Å². The third kappa shape index (κ3) is 5.34. The first-order valence-electron chi connectivity index (χ1n) is 6.39. The molecule has 7 heteroatoms. The van der Waals surface area contributed by atoms with Gasteiger partial charge in [-0.25, -0.2) is 0 Å². The molecule has 0 saturated heterocycles. The molecule has 1 heterocycles. The van der Waals surface area contributed by atoms with Crippen LogP contribution in [0.25, 0.3) is 0 Å². The zero-order valence-electron chi connectivity index (χ0n) is 11.3. The number of ether oxygens (including phenoxy) is 1. The van der Waals surface area contributed by atoms with E-state index in [1.54, 1.807) is 19.1 Å². The smallest absolute Gasteiger partial charge is 0.307 e. The van der Waals surface area contributed by atoms with E-state index in [9.17, 15) is 9.59 Å². The van der Waals surface area contributed by atoms with Gasteiger partial charge in [-0.2, -0.15) is 0 Å². The lowest BCUT2D eigenvalue weighted by atomic mass is 10.3. The van der Waals surface area contributed by atoms with Crippen LogP contribution in [-0.2, 0) is 9.53 Å². The molecule has 1 N–H and O–H groups in total. The molecule has 0 radical (unpaired) electrons. The van der Waals surface area contributed by atoms with Crippen molar-refractivity contribution in [3.05, 3.63) is 22.6 Å². The average Bonchev–Trinajstić information content (AvgIpc) is 2.85. The SMILES string of the molecule is CCOC(=O)CCN(CCCO)C(=O)c1ccc(Br)o1. The summed E-state index contributed by atoms with van der Waals surface area (Å²) in [5, 5.41) is 8.87. The second-order valence-electron chi connectivity index (χ2n) is 4.03. The number of aliphatic hydroxyl groups excluding tert-OH is 1. The summed E-state index contributed by atoms with van der Waals surface area (Å²) in [4.78, 5) is 25.0. The Morgan fingerprint density at radius 1 is 1.40 bits per heavy atom. The third-order valence-electron chi connectivity index (χ3n) is 2.55. The molecular weight excluding hydrogens is 330 g/mol. The summed E-state index contributed by atoms with van der Waals surface area (Å²) in [6.45, 7) is 2.61. The number of carbonyl (C=O) groups is 2. The third-order valence-corrected chi connectivity index (χ3v) is 2.97. The molecule has 112 valence electrons. The van der Waals surface area contributed by atoms with Crippen molar-refractivity contribution in [2.24, 2.45) is 0 Å². The Morgan fingerprint density at radius 3 is 2.70 bits per heavy atom. The molecule has 1 aromatic heterocycles. The van der Waals surface area contributed by atoms with Crippen LogP contribution in [0.1, 0.15) is 30.3 Å². The van der Waals surface area contributed by atoms with Crippen molar-refractivity contribution in [1.29, 1.82) is 0 Å². The predicted molar refractivity (Wildman–Crippen MR) is 75.3 cm³/mol. The molecule has 0 aliphatic carbocycles. The van der Waals surface area contributed by atoms with Crippen LogP contribution in [0.15, 0.2) is 21.2 Å². The number of rotatable bonds is 8. The molecule has 1 rings (SSSR count). The van der Waals surface area contributed by atoms with Crippen LogP contribution in [0.2, 0.25) is 0 Å². The number of nitrogens with zero attached hydrogens (tertiary/aromatic N) is 1. The Morgan fingerprint density at radius 2 is 2.15 bits per heavy atom.